The Morgan fingerprint density at radius 3 is 2.52 bits per heavy atom. The first-order valence-corrected chi connectivity index (χ1v) is 6.94. The molecule has 0 saturated carbocycles. The predicted octanol–water partition coefficient (Wildman–Crippen LogP) is 3.08. The first-order chi connectivity index (χ1) is 10.2. The van der Waals surface area contributed by atoms with Crippen molar-refractivity contribution in [2.75, 3.05) is 20.8 Å². The fourth-order valence-corrected chi connectivity index (χ4v) is 2.91. The number of rotatable bonds is 3. The SMILES string of the molecule is COc1cc(F)c(C2CNCc3ccccc32)cc1OC. The minimum Gasteiger partial charge on any atom is -0.493 e. The van der Waals surface area contributed by atoms with Crippen molar-refractivity contribution in [2.45, 2.75) is 12.5 Å². The van der Waals surface area contributed by atoms with E-state index < -0.39 is 0 Å². The number of hydrogen-bond acceptors (Lipinski definition) is 3. The highest BCUT2D eigenvalue weighted by atomic mass is 19.1. The monoisotopic (exact) mass is 287 g/mol. The molecule has 0 aliphatic carbocycles. The normalized spacial score (nSPS) is 17.2. The molecule has 0 amide bonds. The Morgan fingerprint density at radius 2 is 1.76 bits per heavy atom. The maximum Gasteiger partial charge on any atom is 0.163 e. The molecular formula is C17H18FNO2. The summed E-state index contributed by atoms with van der Waals surface area (Å²) in [7, 11) is 3.07. The van der Waals surface area contributed by atoms with Crippen molar-refractivity contribution in [3.8, 4) is 11.5 Å². The summed E-state index contributed by atoms with van der Waals surface area (Å²) in [6.07, 6.45) is 0. The van der Waals surface area contributed by atoms with Crippen LogP contribution in [0.4, 0.5) is 4.39 Å². The molecule has 1 heterocycles. The van der Waals surface area contributed by atoms with Gasteiger partial charge in [0.15, 0.2) is 11.5 Å². The first-order valence-electron chi connectivity index (χ1n) is 6.94. The molecule has 0 spiro atoms. The average molecular weight is 287 g/mol. The van der Waals surface area contributed by atoms with Crippen molar-refractivity contribution in [2.24, 2.45) is 0 Å². The molecule has 1 N–H and O–H groups in total. The van der Waals surface area contributed by atoms with Gasteiger partial charge in [-0.15, -0.1) is 0 Å². The van der Waals surface area contributed by atoms with Crippen LogP contribution in [0.1, 0.15) is 22.6 Å². The molecule has 2 aromatic carbocycles. The lowest BCUT2D eigenvalue weighted by atomic mass is 9.85. The highest BCUT2D eigenvalue weighted by Gasteiger charge is 2.25. The summed E-state index contributed by atoms with van der Waals surface area (Å²) in [4.78, 5) is 0. The van der Waals surface area contributed by atoms with E-state index in [2.05, 4.69) is 17.4 Å². The summed E-state index contributed by atoms with van der Waals surface area (Å²) in [6.45, 7) is 1.53. The number of benzene rings is 2. The van der Waals surface area contributed by atoms with Gasteiger partial charge in [-0.25, -0.2) is 4.39 Å². The van der Waals surface area contributed by atoms with Crippen molar-refractivity contribution in [3.05, 3.63) is 58.9 Å². The van der Waals surface area contributed by atoms with E-state index in [0.717, 1.165) is 6.54 Å². The summed E-state index contributed by atoms with van der Waals surface area (Å²) < 4.78 is 24.9. The van der Waals surface area contributed by atoms with Gasteiger partial charge in [-0.1, -0.05) is 24.3 Å². The molecule has 1 aliphatic rings. The summed E-state index contributed by atoms with van der Waals surface area (Å²) in [5.74, 6) is 0.679. The van der Waals surface area contributed by atoms with Crippen LogP contribution in [0, 0.1) is 5.82 Å². The van der Waals surface area contributed by atoms with Gasteiger partial charge in [-0.2, -0.15) is 0 Å². The van der Waals surface area contributed by atoms with Gasteiger partial charge < -0.3 is 14.8 Å². The highest BCUT2D eigenvalue weighted by molar-refractivity contribution is 5.48. The van der Waals surface area contributed by atoms with Gasteiger partial charge in [0.2, 0.25) is 0 Å². The molecule has 0 fully saturated rings. The van der Waals surface area contributed by atoms with Crippen LogP contribution in [-0.2, 0) is 6.54 Å². The van der Waals surface area contributed by atoms with E-state index in [9.17, 15) is 4.39 Å². The van der Waals surface area contributed by atoms with Gasteiger partial charge in [-0.05, 0) is 17.2 Å². The maximum absolute atomic E-state index is 14.5. The van der Waals surface area contributed by atoms with Crippen LogP contribution in [0.3, 0.4) is 0 Å². The molecule has 2 aromatic rings. The fourth-order valence-electron chi connectivity index (χ4n) is 2.91. The third-order valence-electron chi connectivity index (χ3n) is 3.97. The summed E-state index contributed by atoms with van der Waals surface area (Å²) in [6, 6.07) is 11.3. The maximum atomic E-state index is 14.5. The van der Waals surface area contributed by atoms with Crippen molar-refractivity contribution in [1.82, 2.24) is 5.32 Å². The molecule has 1 unspecified atom stereocenters. The Morgan fingerprint density at radius 1 is 1.05 bits per heavy atom. The van der Waals surface area contributed by atoms with Crippen LogP contribution in [0.2, 0.25) is 0 Å². The zero-order valence-corrected chi connectivity index (χ0v) is 12.2. The molecule has 0 saturated heterocycles. The third-order valence-corrected chi connectivity index (χ3v) is 3.97. The van der Waals surface area contributed by atoms with Crippen LogP contribution in [-0.4, -0.2) is 20.8 Å². The number of methoxy groups -OCH3 is 2. The number of nitrogens with one attached hydrogen (secondary N) is 1. The van der Waals surface area contributed by atoms with Crippen LogP contribution in [0.15, 0.2) is 36.4 Å². The summed E-state index contributed by atoms with van der Waals surface area (Å²) in [5, 5.41) is 3.34. The molecular weight excluding hydrogens is 269 g/mol. The van der Waals surface area contributed by atoms with E-state index in [1.807, 2.05) is 12.1 Å². The molecule has 21 heavy (non-hydrogen) atoms. The van der Waals surface area contributed by atoms with Crippen LogP contribution >= 0.6 is 0 Å². The van der Waals surface area contributed by atoms with Crippen LogP contribution in [0.25, 0.3) is 0 Å². The Labute approximate surface area is 123 Å². The Balaban J connectivity index is 2.09. The van der Waals surface area contributed by atoms with Crippen LogP contribution < -0.4 is 14.8 Å². The summed E-state index contributed by atoms with van der Waals surface area (Å²) in [5.41, 5.74) is 3.01. The fraction of sp³-hybridized carbons (Fsp3) is 0.294. The lowest BCUT2D eigenvalue weighted by Gasteiger charge is -2.27. The Kier molecular flexibility index (Phi) is 3.80. The third kappa shape index (κ3) is 2.47. The molecule has 4 heteroatoms. The minimum absolute atomic E-state index is 0.0187. The molecule has 0 aromatic heterocycles. The molecule has 110 valence electrons. The molecule has 1 atom stereocenters. The van der Waals surface area contributed by atoms with Crippen LogP contribution in [0.5, 0.6) is 11.5 Å². The lowest BCUT2D eigenvalue weighted by molar-refractivity contribution is 0.351. The van der Waals surface area contributed by atoms with Gasteiger partial charge in [-0.3, -0.25) is 0 Å². The van der Waals surface area contributed by atoms with E-state index in [1.54, 1.807) is 13.2 Å². The standard InChI is InChI=1S/C17H18FNO2/c1-20-16-7-13(15(18)8-17(16)21-2)14-10-19-9-11-5-3-4-6-12(11)14/h3-8,14,19H,9-10H2,1-2H3. The quantitative estimate of drug-likeness (QED) is 0.941. The van der Waals surface area contributed by atoms with E-state index in [-0.39, 0.29) is 11.7 Å². The molecule has 3 rings (SSSR count). The van der Waals surface area contributed by atoms with Crippen molar-refractivity contribution in [1.29, 1.82) is 0 Å². The number of hydrogen-bond donors (Lipinski definition) is 1. The topological polar surface area (TPSA) is 30.5 Å². The van der Waals surface area contributed by atoms with E-state index in [4.69, 9.17) is 9.47 Å². The van der Waals surface area contributed by atoms with Gasteiger partial charge in [0, 0.05) is 30.6 Å². The zero-order chi connectivity index (χ0) is 14.8. The lowest BCUT2D eigenvalue weighted by Crippen LogP contribution is -2.29. The Bertz CT molecular complexity index is 657. The van der Waals surface area contributed by atoms with Gasteiger partial charge in [0.05, 0.1) is 14.2 Å². The molecule has 0 bridgehead atoms. The van der Waals surface area contributed by atoms with Gasteiger partial charge in [0.25, 0.3) is 0 Å². The van der Waals surface area contributed by atoms with E-state index >= 15 is 0 Å². The largest absolute Gasteiger partial charge is 0.493 e. The zero-order valence-electron chi connectivity index (χ0n) is 12.2. The summed E-state index contributed by atoms with van der Waals surface area (Å²) >= 11 is 0. The van der Waals surface area contributed by atoms with Gasteiger partial charge >= 0.3 is 0 Å². The first kappa shape index (κ1) is 13.9. The van der Waals surface area contributed by atoms with Crippen molar-refractivity contribution < 1.29 is 13.9 Å². The predicted molar refractivity (Wildman–Crippen MR) is 79.5 cm³/mol. The second-order valence-corrected chi connectivity index (χ2v) is 5.11. The second kappa shape index (κ2) is 5.74. The average Bonchev–Trinajstić information content (AvgIpc) is 2.54. The van der Waals surface area contributed by atoms with Crippen molar-refractivity contribution in [3.63, 3.8) is 0 Å². The highest BCUT2D eigenvalue weighted by Crippen LogP contribution is 2.37. The minimum atomic E-state index is -0.267. The molecule has 0 radical (unpaired) electrons. The number of halogens is 1. The smallest absolute Gasteiger partial charge is 0.163 e. The molecule has 3 nitrogen and oxygen atoms in total. The molecule has 1 aliphatic heterocycles. The van der Waals surface area contributed by atoms with E-state index in [0.29, 0.717) is 23.6 Å². The number of fused-ring (bicyclic) bond motifs is 1. The van der Waals surface area contributed by atoms with Gasteiger partial charge in [0.1, 0.15) is 5.82 Å². The van der Waals surface area contributed by atoms with E-state index in [1.165, 1.54) is 24.3 Å². The Hall–Kier alpha value is -2.07. The second-order valence-electron chi connectivity index (χ2n) is 5.11. The van der Waals surface area contributed by atoms with Crippen molar-refractivity contribution >= 4 is 0 Å². The number of ether oxygens (including phenoxy) is 2.